The highest BCUT2D eigenvalue weighted by Gasteiger charge is 2.15. The van der Waals surface area contributed by atoms with Crippen LogP contribution in [0, 0.1) is 20.8 Å². The van der Waals surface area contributed by atoms with Crippen molar-refractivity contribution in [2.45, 2.75) is 27.3 Å². The molecule has 0 saturated carbocycles. The number of hydrogen-bond acceptors (Lipinski definition) is 5. The van der Waals surface area contributed by atoms with Crippen LogP contribution in [0.3, 0.4) is 0 Å². The Morgan fingerprint density at radius 2 is 2.11 bits per heavy atom. The van der Waals surface area contributed by atoms with Crippen molar-refractivity contribution in [2.75, 3.05) is 5.32 Å². The second-order valence-corrected chi connectivity index (χ2v) is 5.23. The van der Waals surface area contributed by atoms with E-state index in [1.807, 2.05) is 13.8 Å². The third kappa shape index (κ3) is 2.90. The summed E-state index contributed by atoms with van der Waals surface area (Å²) in [6, 6.07) is 1.76. The van der Waals surface area contributed by atoms with Crippen molar-refractivity contribution in [1.29, 1.82) is 0 Å². The summed E-state index contributed by atoms with van der Waals surface area (Å²) in [6.45, 7) is 6.07. The first-order valence-electron chi connectivity index (χ1n) is 5.83. The third-order valence-corrected chi connectivity index (χ3v) is 3.76. The molecule has 5 nitrogen and oxygen atoms in total. The number of carboxylic acid groups (broad SMARTS) is 1. The molecule has 2 rings (SSSR count). The zero-order valence-corrected chi connectivity index (χ0v) is 11.8. The number of nitrogens with zero attached hydrogens (tertiary/aromatic N) is 2. The van der Waals surface area contributed by atoms with Gasteiger partial charge in [-0.05, 0) is 26.8 Å². The fraction of sp³-hybridized carbons (Fsp3) is 0.308. The molecular weight excluding hydrogens is 262 g/mol. The Morgan fingerprint density at radius 3 is 2.68 bits per heavy atom. The minimum atomic E-state index is -0.964. The highest BCUT2D eigenvalue weighted by atomic mass is 32.1. The van der Waals surface area contributed by atoms with E-state index in [2.05, 4.69) is 15.3 Å². The van der Waals surface area contributed by atoms with Crippen LogP contribution in [-0.2, 0) is 6.54 Å². The van der Waals surface area contributed by atoms with Gasteiger partial charge in [-0.1, -0.05) is 0 Å². The molecule has 6 heteroatoms. The number of aryl methyl sites for hydroxylation is 3. The molecule has 0 fully saturated rings. The van der Waals surface area contributed by atoms with Crippen LogP contribution in [0.15, 0.2) is 11.6 Å². The number of anilines is 1. The fourth-order valence-corrected chi connectivity index (χ4v) is 2.63. The summed E-state index contributed by atoms with van der Waals surface area (Å²) in [4.78, 5) is 20.8. The molecule has 0 bridgehead atoms. The zero-order valence-electron chi connectivity index (χ0n) is 11.0. The summed E-state index contributed by atoms with van der Waals surface area (Å²) in [5.74, 6) is -0.964. The SMILES string of the molecule is Cc1cc(NCc2scnc2C)c(C(=O)O)c(C)n1. The minimum Gasteiger partial charge on any atom is -0.478 e. The van der Waals surface area contributed by atoms with Crippen molar-refractivity contribution in [3.8, 4) is 0 Å². The van der Waals surface area contributed by atoms with Gasteiger partial charge in [-0.2, -0.15) is 0 Å². The minimum absolute atomic E-state index is 0.229. The van der Waals surface area contributed by atoms with Gasteiger partial charge in [0.25, 0.3) is 0 Å². The highest BCUT2D eigenvalue weighted by molar-refractivity contribution is 7.09. The van der Waals surface area contributed by atoms with Crippen LogP contribution in [-0.4, -0.2) is 21.0 Å². The molecule has 2 aromatic rings. The van der Waals surface area contributed by atoms with Crippen molar-refractivity contribution in [3.05, 3.63) is 39.1 Å². The Balaban J connectivity index is 2.29. The second-order valence-electron chi connectivity index (χ2n) is 4.29. The first-order valence-corrected chi connectivity index (χ1v) is 6.71. The Labute approximate surface area is 115 Å². The molecule has 0 amide bonds. The number of pyridine rings is 1. The largest absolute Gasteiger partial charge is 0.478 e. The first kappa shape index (κ1) is 13.5. The van der Waals surface area contributed by atoms with Crippen molar-refractivity contribution >= 4 is 23.0 Å². The standard InChI is InChI=1S/C13H15N3O2S/c1-7-4-10(12(13(17)18)9(3)16-7)14-5-11-8(2)15-6-19-11/h4,6H,5H2,1-3H3,(H,14,16)(H,17,18). The molecule has 19 heavy (non-hydrogen) atoms. The van der Waals surface area contributed by atoms with Crippen LogP contribution in [0.4, 0.5) is 5.69 Å². The Hall–Kier alpha value is -1.95. The van der Waals surface area contributed by atoms with Gasteiger partial charge in [-0.25, -0.2) is 9.78 Å². The summed E-state index contributed by atoms with van der Waals surface area (Å²) < 4.78 is 0. The van der Waals surface area contributed by atoms with Gasteiger partial charge in [-0.3, -0.25) is 4.98 Å². The number of aromatic nitrogens is 2. The monoisotopic (exact) mass is 277 g/mol. The number of carboxylic acids is 1. The van der Waals surface area contributed by atoms with E-state index in [0.717, 1.165) is 16.3 Å². The summed E-state index contributed by atoms with van der Waals surface area (Å²) >= 11 is 1.55. The zero-order chi connectivity index (χ0) is 14.0. The first-order chi connectivity index (χ1) is 8.99. The molecule has 0 radical (unpaired) electrons. The third-order valence-electron chi connectivity index (χ3n) is 2.83. The lowest BCUT2D eigenvalue weighted by Crippen LogP contribution is -2.10. The van der Waals surface area contributed by atoms with Gasteiger partial charge >= 0.3 is 5.97 Å². The molecular formula is C13H15N3O2S. The average molecular weight is 277 g/mol. The van der Waals surface area contributed by atoms with E-state index in [-0.39, 0.29) is 5.56 Å². The van der Waals surface area contributed by atoms with Crippen LogP contribution < -0.4 is 5.32 Å². The molecule has 0 aliphatic heterocycles. The second kappa shape index (κ2) is 5.36. The maximum absolute atomic E-state index is 11.3. The lowest BCUT2D eigenvalue weighted by Gasteiger charge is -2.12. The van der Waals surface area contributed by atoms with E-state index in [1.54, 1.807) is 29.8 Å². The number of carbonyl (C=O) groups is 1. The maximum Gasteiger partial charge on any atom is 0.339 e. The molecule has 2 N–H and O–H groups in total. The van der Waals surface area contributed by atoms with Crippen molar-refractivity contribution in [2.24, 2.45) is 0 Å². The lowest BCUT2D eigenvalue weighted by molar-refractivity contribution is 0.0696. The number of thiazole rings is 1. The van der Waals surface area contributed by atoms with E-state index >= 15 is 0 Å². The molecule has 2 heterocycles. The molecule has 0 aliphatic carbocycles. The van der Waals surface area contributed by atoms with Gasteiger partial charge in [0.2, 0.25) is 0 Å². The number of hydrogen-bond donors (Lipinski definition) is 2. The summed E-state index contributed by atoms with van der Waals surface area (Å²) in [5, 5.41) is 12.4. The van der Waals surface area contributed by atoms with E-state index in [9.17, 15) is 9.90 Å². The number of rotatable bonds is 4. The van der Waals surface area contributed by atoms with Crippen molar-refractivity contribution < 1.29 is 9.90 Å². The van der Waals surface area contributed by atoms with Gasteiger partial charge in [-0.15, -0.1) is 11.3 Å². The van der Waals surface area contributed by atoms with Crippen LogP contribution in [0.25, 0.3) is 0 Å². The Morgan fingerprint density at radius 1 is 1.37 bits per heavy atom. The van der Waals surface area contributed by atoms with E-state index in [1.165, 1.54) is 0 Å². The van der Waals surface area contributed by atoms with E-state index in [0.29, 0.717) is 17.9 Å². The van der Waals surface area contributed by atoms with Crippen LogP contribution >= 0.6 is 11.3 Å². The lowest BCUT2D eigenvalue weighted by atomic mass is 10.1. The van der Waals surface area contributed by atoms with Gasteiger partial charge in [0, 0.05) is 10.6 Å². The molecule has 100 valence electrons. The van der Waals surface area contributed by atoms with Gasteiger partial charge in [0.1, 0.15) is 5.56 Å². The molecule has 2 aromatic heterocycles. The normalized spacial score (nSPS) is 10.5. The molecule has 0 atom stereocenters. The maximum atomic E-state index is 11.3. The van der Waals surface area contributed by atoms with E-state index in [4.69, 9.17) is 0 Å². The fourth-order valence-electron chi connectivity index (χ4n) is 1.91. The number of aromatic carboxylic acids is 1. The van der Waals surface area contributed by atoms with Gasteiger partial charge in [0.05, 0.1) is 29.1 Å². The summed E-state index contributed by atoms with van der Waals surface area (Å²) in [6.07, 6.45) is 0. The van der Waals surface area contributed by atoms with Gasteiger partial charge < -0.3 is 10.4 Å². The summed E-state index contributed by atoms with van der Waals surface area (Å²) in [5.41, 5.74) is 4.91. The quantitative estimate of drug-likeness (QED) is 0.898. The van der Waals surface area contributed by atoms with E-state index < -0.39 is 5.97 Å². The summed E-state index contributed by atoms with van der Waals surface area (Å²) in [7, 11) is 0. The van der Waals surface area contributed by atoms with Crippen LogP contribution in [0.1, 0.15) is 32.3 Å². The van der Waals surface area contributed by atoms with Crippen molar-refractivity contribution in [3.63, 3.8) is 0 Å². The average Bonchev–Trinajstić information content (AvgIpc) is 2.70. The Kier molecular flexibility index (Phi) is 3.80. The molecule has 0 aromatic carbocycles. The molecule has 0 aliphatic rings. The number of nitrogens with one attached hydrogen (secondary N) is 1. The van der Waals surface area contributed by atoms with Gasteiger partial charge in [0.15, 0.2) is 0 Å². The van der Waals surface area contributed by atoms with Crippen molar-refractivity contribution in [1.82, 2.24) is 9.97 Å². The smallest absolute Gasteiger partial charge is 0.339 e. The highest BCUT2D eigenvalue weighted by Crippen LogP contribution is 2.22. The van der Waals surface area contributed by atoms with Crippen LogP contribution in [0.5, 0.6) is 0 Å². The molecule has 0 unspecified atom stereocenters. The molecule has 0 saturated heterocycles. The predicted octanol–water partition coefficient (Wildman–Crippen LogP) is 2.77. The Bertz CT molecular complexity index is 622. The topological polar surface area (TPSA) is 75.1 Å². The van der Waals surface area contributed by atoms with Crippen LogP contribution in [0.2, 0.25) is 0 Å². The predicted molar refractivity (Wildman–Crippen MR) is 74.8 cm³/mol. The molecule has 0 spiro atoms.